The molecule has 0 heterocycles. The van der Waals surface area contributed by atoms with Crippen molar-refractivity contribution in [3.8, 4) is 11.1 Å². The smallest absolute Gasteiger partial charge is 0.325 e. The number of carboxylic acids is 1. The topological polar surface area (TPSA) is 106 Å². The second kappa shape index (κ2) is 9.07. The molecule has 0 aliphatic carbocycles. The first-order valence-corrected chi connectivity index (χ1v) is 8.62. The standard InChI is InChI=1S/C22H24N2O3/c1-3-5-14-7-9-18(21(24)22(26)27)19(11-14)16-8-10-17(20(25)13-23)15(12-16)6-4-2/h3-4,7-12,21H,1-2,5-6,13,23-24H2,(H,26,27). The van der Waals surface area contributed by atoms with Crippen LogP contribution in [0, 0.1) is 0 Å². The molecule has 0 saturated heterocycles. The minimum Gasteiger partial charge on any atom is -0.480 e. The van der Waals surface area contributed by atoms with E-state index >= 15 is 0 Å². The molecule has 140 valence electrons. The highest BCUT2D eigenvalue weighted by Gasteiger charge is 2.20. The van der Waals surface area contributed by atoms with E-state index in [0.717, 1.165) is 22.3 Å². The van der Waals surface area contributed by atoms with E-state index in [4.69, 9.17) is 11.5 Å². The zero-order valence-electron chi connectivity index (χ0n) is 15.2. The van der Waals surface area contributed by atoms with E-state index in [-0.39, 0.29) is 12.3 Å². The number of carbonyl (C=O) groups excluding carboxylic acids is 1. The van der Waals surface area contributed by atoms with E-state index in [9.17, 15) is 14.7 Å². The molecule has 0 aromatic heterocycles. The van der Waals surface area contributed by atoms with Gasteiger partial charge >= 0.3 is 5.97 Å². The summed E-state index contributed by atoms with van der Waals surface area (Å²) in [6, 6.07) is 9.73. The third-order valence-electron chi connectivity index (χ3n) is 4.37. The number of aliphatic carboxylic acids is 1. The highest BCUT2D eigenvalue weighted by Crippen LogP contribution is 2.31. The Bertz CT molecular complexity index is 887. The molecule has 0 radical (unpaired) electrons. The molecular weight excluding hydrogens is 340 g/mol. The number of carbonyl (C=O) groups is 2. The van der Waals surface area contributed by atoms with Crippen molar-refractivity contribution < 1.29 is 14.7 Å². The van der Waals surface area contributed by atoms with Crippen molar-refractivity contribution in [3.63, 3.8) is 0 Å². The summed E-state index contributed by atoms with van der Waals surface area (Å²) >= 11 is 0. The highest BCUT2D eigenvalue weighted by molar-refractivity contribution is 5.99. The number of ketones is 1. The predicted molar refractivity (Wildman–Crippen MR) is 108 cm³/mol. The Morgan fingerprint density at radius 1 is 1.07 bits per heavy atom. The normalized spacial score (nSPS) is 11.6. The zero-order valence-corrected chi connectivity index (χ0v) is 15.2. The lowest BCUT2D eigenvalue weighted by Crippen LogP contribution is -2.21. The minimum atomic E-state index is -1.15. The maximum absolute atomic E-state index is 12.1. The highest BCUT2D eigenvalue weighted by atomic mass is 16.4. The first-order valence-electron chi connectivity index (χ1n) is 8.62. The van der Waals surface area contributed by atoms with Crippen LogP contribution in [0.5, 0.6) is 0 Å². The molecule has 0 aliphatic rings. The fraction of sp³-hybridized carbons (Fsp3) is 0.182. The quantitative estimate of drug-likeness (QED) is 0.468. The summed E-state index contributed by atoms with van der Waals surface area (Å²) in [4.78, 5) is 23.5. The first kappa shape index (κ1) is 20.3. The van der Waals surface area contributed by atoms with Crippen LogP contribution >= 0.6 is 0 Å². The molecule has 2 aromatic carbocycles. The van der Waals surface area contributed by atoms with Gasteiger partial charge in [0.25, 0.3) is 0 Å². The molecule has 5 N–H and O–H groups in total. The van der Waals surface area contributed by atoms with Gasteiger partial charge in [-0.25, -0.2) is 0 Å². The van der Waals surface area contributed by atoms with Gasteiger partial charge < -0.3 is 16.6 Å². The number of nitrogens with two attached hydrogens (primary N) is 2. The van der Waals surface area contributed by atoms with Gasteiger partial charge in [0, 0.05) is 5.56 Å². The van der Waals surface area contributed by atoms with Crippen LogP contribution in [0.25, 0.3) is 11.1 Å². The van der Waals surface area contributed by atoms with Gasteiger partial charge in [0.15, 0.2) is 5.78 Å². The van der Waals surface area contributed by atoms with Gasteiger partial charge in [-0.15, -0.1) is 13.2 Å². The van der Waals surface area contributed by atoms with Crippen LogP contribution in [-0.4, -0.2) is 23.4 Å². The summed E-state index contributed by atoms with van der Waals surface area (Å²) in [5.74, 6) is -1.25. The van der Waals surface area contributed by atoms with Gasteiger partial charge in [0.05, 0.1) is 6.54 Å². The van der Waals surface area contributed by atoms with Crippen LogP contribution in [0.15, 0.2) is 61.7 Å². The Labute approximate surface area is 159 Å². The number of carboxylic acid groups (broad SMARTS) is 1. The number of hydrogen-bond donors (Lipinski definition) is 3. The van der Waals surface area contributed by atoms with Gasteiger partial charge in [-0.3, -0.25) is 9.59 Å². The third-order valence-corrected chi connectivity index (χ3v) is 4.37. The van der Waals surface area contributed by atoms with Crippen molar-refractivity contribution in [2.45, 2.75) is 18.9 Å². The van der Waals surface area contributed by atoms with E-state index < -0.39 is 12.0 Å². The van der Waals surface area contributed by atoms with Crippen molar-refractivity contribution in [2.24, 2.45) is 11.5 Å². The fourth-order valence-corrected chi connectivity index (χ4v) is 3.02. The molecule has 1 atom stereocenters. The van der Waals surface area contributed by atoms with Crippen molar-refractivity contribution in [1.29, 1.82) is 0 Å². The summed E-state index contributed by atoms with van der Waals surface area (Å²) in [6.07, 6.45) is 4.65. The van der Waals surface area contributed by atoms with Gasteiger partial charge in [0.1, 0.15) is 6.04 Å². The van der Waals surface area contributed by atoms with Crippen LogP contribution in [0.4, 0.5) is 0 Å². The SMILES string of the molecule is C=CCc1ccc(C(N)C(=O)O)c(-c2ccc(C(=O)CN)c(CC=C)c2)c1. The second-order valence-corrected chi connectivity index (χ2v) is 6.22. The molecule has 1 unspecified atom stereocenters. The molecule has 0 fully saturated rings. The molecule has 0 saturated carbocycles. The van der Waals surface area contributed by atoms with Crippen LogP contribution in [0.3, 0.4) is 0 Å². The van der Waals surface area contributed by atoms with Crippen molar-refractivity contribution in [1.82, 2.24) is 0 Å². The summed E-state index contributed by atoms with van der Waals surface area (Å²) in [6.45, 7) is 7.41. The number of rotatable bonds is 9. The summed E-state index contributed by atoms with van der Waals surface area (Å²) in [5, 5.41) is 9.35. The Balaban J connectivity index is 2.67. The average molecular weight is 364 g/mol. The van der Waals surface area contributed by atoms with Crippen LogP contribution in [0.2, 0.25) is 0 Å². The molecule has 0 bridgehead atoms. The number of hydrogen-bond acceptors (Lipinski definition) is 4. The van der Waals surface area contributed by atoms with Gasteiger partial charge in [-0.2, -0.15) is 0 Å². The average Bonchev–Trinajstić information content (AvgIpc) is 2.67. The zero-order chi connectivity index (χ0) is 20.0. The maximum Gasteiger partial charge on any atom is 0.325 e. The van der Waals surface area contributed by atoms with E-state index in [1.54, 1.807) is 30.4 Å². The number of Topliss-reactive ketones (excluding diaryl/α,β-unsaturated/α-hetero) is 1. The Morgan fingerprint density at radius 3 is 2.37 bits per heavy atom. The lowest BCUT2D eigenvalue weighted by molar-refractivity contribution is -0.138. The number of benzene rings is 2. The van der Waals surface area contributed by atoms with Gasteiger partial charge in [0.2, 0.25) is 0 Å². The summed E-state index contributed by atoms with van der Waals surface area (Å²) < 4.78 is 0. The third kappa shape index (κ3) is 4.58. The molecule has 2 rings (SSSR count). The predicted octanol–water partition coefficient (Wildman–Crippen LogP) is 3.04. The van der Waals surface area contributed by atoms with Gasteiger partial charge in [-0.05, 0) is 40.7 Å². The molecule has 0 aliphatic heterocycles. The molecule has 5 nitrogen and oxygen atoms in total. The van der Waals surface area contributed by atoms with Crippen molar-refractivity contribution in [3.05, 3.63) is 84.0 Å². The van der Waals surface area contributed by atoms with Crippen molar-refractivity contribution >= 4 is 11.8 Å². The van der Waals surface area contributed by atoms with E-state index in [1.807, 2.05) is 18.2 Å². The Hall–Kier alpha value is -3.02. The molecule has 0 amide bonds. The molecular formula is C22H24N2O3. The first-order chi connectivity index (χ1) is 12.9. The van der Waals surface area contributed by atoms with E-state index in [1.165, 1.54) is 0 Å². The monoisotopic (exact) mass is 364 g/mol. The van der Waals surface area contributed by atoms with E-state index in [0.29, 0.717) is 24.0 Å². The van der Waals surface area contributed by atoms with Crippen LogP contribution < -0.4 is 11.5 Å². The maximum atomic E-state index is 12.1. The molecule has 2 aromatic rings. The number of allylic oxidation sites excluding steroid dienone is 2. The molecule has 0 spiro atoms. The summed E-state index contributed by atoms with van der Waals surface area (Å²) in [5.41, 5.74) is 15.8. The minimum absolute atomic E-state index is 0.0759. The largest absolute Gasteiger partial charge is 0.480 e. The van der Waals surface area contributed by atoms with E-state index in [2.05, 4.69) is 13.2 Å². The molecule has 27 heavy (non-hydrogen) atoms. The van der Waals surface area contributed by atoms with Crippen LogP contribution in [-0.2, 0) is 17.6 Å². The molecule has 5 heteroatoms. The van der Waals surface area contributed by atoms with Gasteiger partial charge in [-0.1, -0.05) is 48.6 Å². The lowest BCUT2D eigenvalue weighted by atomic mass is 9.89. The van der Waals surface area contributed by atoms with Crippen molar-refractivity contribution in [2.75, 3.05) is 6.54 Å². The lowest BCUT2D eigenvalue weighted by Gasteiger charge is -2.17. The van der Waals surface area contributed by atoms with Crippen LogP contribution in [0.1, 0.15) is 33.1 Å². The fourth-order valence-electron chi connectivity index (χ4n) is 3.02. The Kier molecular flexibility index (Phi) is 6.82. The Morgan fingerprint density at radius 2 is 1.78 bits per heavy atom. The second-order valence-electron chi connectivity index (χ2n) is 6.22. The summed E-state index contributed by atoms with van der Waals surface area (Å²) in [7, 11) is 0.